The van der Waals surface area contributed by atoms with Crippen molar-refractivity contribution in [3.63, 3.8) is 0 Å². The van der Waals surface area contributed by atoms with Crippen molar-refractivity contribution in [1.82, 2.24) is 5.32 Å². The van der Waals surface area contributed by atoms with Crippen molar-refractivity contribution in [3.05, 3.63) is 0 Å². The average Bonchev–Trinajstić information content (AvgIpc) is 2.39. The highest BCUT2D eigenvalue weighted by atomic mass is 16.3. The molecule has 0 heterocycles. The van der Waals surface area contributed by atoms with Crippen LogP contribution in [0.3, 0.4) is 0 Å². The topological polar surface area (TPSA) is 49.3 Å². The summed E-state index contributed by atoms with van der Waals surface area (Å²) in [4.78, 5) is 12.5. The Bertz CT molecular complexity index is 384. The van der Waals surface area contributed by atoms with E-state index in [0.29, 0.717) is 5.41 Å². The fraction of sp³-hybridized carbons (Fsp3) is 0.944. The zero-order valence-electron chi connectivity index (χ0n) is 13.0. The third kappa shape index (κ3) is 2.74. The Kier molecular flexibility index (Phi) is 3.52. The van der Waals surface area contributed by atoms with Crippen molar-refractivity contribution in [1.29, 1.82) is 0 Å². The van der Waals surface area contributed by atoms with Gasteiger partial charge in [-0.05, 0) is 74.5 Å². The van der Waals surface area contributed by atoms with Crippen LogP contribution < -0.4 is 5.32 Å². The summed E-state index contributed by atoms with van der Waals surface area (Å²) in [7, 11) is 0. The molecule has 0 spiro atoms. The molecule has 0 unspecified atom stereocenters. The van der Waals surface area contributed by atoms with Crippen LogP contribution in [0.4, 0.5) is 0 Å². The number of nitrogens with one attached hydrogen (secondary N) is 1. The summed E-state index contributed by atoms with van der Waals surface area (Å²) in [5, 5.41) is 13.2. The minimum Gasteiger partial charge on any atom is -0.391 e. The van der Waals surface area contributed by atoms with Gasteiger partial charge >= 0.3 is 0 Å². The molecule has 5 fully saturated rings. The van der Waals surface area contributed by atoms with E-state index in [2.05, 4.69) is 5.32 Å². The van der Waals surface area contributed by atoms with E-state index in [9.17, 15) is 9.90 Å². The first-order valence-electron chi connectivity index (χ1n) is 9.09. The molecule has 0 radical (unpaired) electrons. The molecule has 2 atom stereocenters. The normalized spacial score (nSPS) is 48.3. The summed E-state index contributed by atoms with van der Waals surface area (Å²) in [5.41, 5.74) is 0.318. The van der Waals surface area contributed by atoms with Gasteiger partial charge in [0.15, 0.2) is 0 Å². The molecule has 5 saturated carbocycles. The van der Waals surface area contributed by atoms with Gasteiger partial charge in [-0.3, -0.25) is 4.79 Å². The van der Waals surface area contributed by atoms with Crippen molar-refractivity contribution in [3.8, 4) is 0 Å². The molecule has 5 rings (SSSR count). The molecule has 4 bridgehead atoms. The minimum absolute atomic E-state index is 0.0140. The van der Waals surface area contributed by atoms with Crippen LogP contribution in [0.1, 0.15) is 70.6 Å². The molecular weight excluding hydrogens is 262 g/mol. The number of carbonyl (C=O) groups excluding carboxylic acids is 1. The molecule has 0 aliphatic heterocycles. The van der Waals surface area contributed by atoms with Gasteiger partial charge in [-0.1, -0.05) is 12.8 Å². The van der Waals surface area contributed by atoms with Crippen molar-refractivity contribution < 1.29 is 9.90 Å². The first kappa shape index (κ1) is 14.0. The zero-order chi connectivity index (χ0) is 14.4. The first-order chi connectivity index (χ1) is 10.1. The molecule has 21 heavy (non-hydrogen) atoms. The largest absolute Gasteiger partial charge is 0.391 e. The molecule has 3 nitrogen and oxygen atoms in total. The van der Waals surface area contributed by atoms with Gasteiger partial charge in [0.05, 0.1) is 12.1 Å². The maximum atomic E-state index is 12.5. The second kappa shape index (κ2) is 5.26. The number of hydrogen-bond donors (Lipinski definition) is 2. The summed E-state index contributed by atoms with van der Waals surface area (Å²) in [6.07, 6.45) is 12.6. The van der Waals surface area contributed by atoms with E-state index in [-0.39, 0.29) is 18.1 Å². The van der Waals surface area contributed by atoms with Gasteiger partial charge in [0.1, 0.15) is 0 Å². The van der Waals surface area contributed by atoms with Crippen LogP contribution in [-0.4, -0.2) is 23.2 Å². The molecule has 1 amide bonds. The van der Waals surface area contributed by atoms with Gasteiger partial charge in [0.2, 0.25) is 5.91 Å². The summed E-state index contributed by atoms with van der Waals surface area (Å²) in [6.45, 7) is 0. The lowest BCUT2D eigenvalue weighted by molar-refractivity contribution is -0.131. The zero-order valence-corrected chi connectivity index (χ0v) is 13.0. The monoisotopic (exact) mass is 291 g/mol. The highest BCUT2D eigenvalue weighted by Crippen LogP contribution is 2.61. The lowest BCUT2D eigenvalue weighted by Crippen LogP contribution is -2.50. The fourth-order valence-electron chi connectivity index (χ4n) is 6.38. The predicted octanol–water partition coefficient (Wildman–Crippen LogP) is 3.01. The average molecular weight is 291 g/mol. The maximum Gasteiger partial charge on any atom is 0.220 e. The summed E-state index contributed by atoms with van der Waals surface area (Å²) < 4.78 is 0. The summed E-state index contributed by atoms with van der Waals surface area (Å²) in [5.74, 6) is 2.93. The van der Waals surface area contributed by atoms with Crippen LogP contribution in [-0.2, 0) is 4.79 Å². The molecule has 0 saturated heterocycles. The smallest absolute Gasteiger partial charge is 0.220 e. The molecule has 5 aliphatic rings. The predicted molar refractivity (Wildman–Crippen MR) is 81.6 cm³/mol. The van der Waals surface area contributed by atoms with Gasteiger partial charge in [0, 0.05) is 6.42 Å². The van der Waals surface area contributed by atoms with Crippen LogP contribution >= 0.6 is 0 Å². The molecular formula is C18H29NO2. The van der Waals surface area contributed by atoms with Crippen LogP contribution in [0.25, 0.3) is 0 Å². The van der Waals surface area contributed by atoms with Gasteiger partial charge in [0.25, 0.3) is 0 Å². The van der Waals surface area contributed by atoms with Crippen molar-refractivity contribution >= 4 is 5.91 Å². The molecule has 118 valence electrons. The van der Waals surface area contributed by atoms with Crippen molar-refractivity contribution in [2.75, 3.05) is 0 Å². The quantitative estimate of drug-likeness (QED) is 0.840. The third-order valence-corrected chi connectivity index (χ3v) is 6.78. The van der Waals surface area contributed by atoms with Crippen molar-refractivity contribution in [2.45, 2.75) is 82.8 Å². The first-order valence-corrected chi connectivity index (χ1v) is 9.09. The van der Waals surface area contributed by atoms with Gasteiger partial charge in [-0.15, -0.1) is 0 Å². The lowest BCUT2D eigenvalue weighted by atomic mass is 9.49. The third-order valence-electron chi connectivity index (χ3n) is 6.78. The standard InChI is InChI=1S/C18H29NO2/c20-16-4-2-1-3-15(16)19-17(21)11-18-8-12-5-13(9-18)7-14(6-12)10-18/h12-16,20H,1-11H2,(H,19,21)/t12?,13?,14?,15-,16-,18?/m1/s1. The summed E-state index contributed by atoms with van der Waals surface area (Å²) in [6, 6.07) is 0.0140. The van der Waals surface area contributed by atoms with E-state index in [1.54, 1.807) is 0 Å². The number of amides is 1. The second-order valence-corrected chi connectivity index (χ2v) is 8.62. The Labute approximate surface area is 127 Å². The van der Waals surface area contributed by atoms with Crippen LogP contribution in [0.5, 0.6) is 0 Å². The van der Waals surface area contributed by atoms with Crippen LogP contribution in [0, 0.1) is 23.2 Å². The van der Waals surface area contributed by atoms with Crippen LogP contribution in [0.2, 0.25) is 0 Å². The van der Waals surface area contributed by atoms with Gasteiger partial charge in [-0.2, -0.15) is 0 Å². The SMILES string of the molecule is O=C(CC12CC3CC(CC(C3)C1)C2)N[C@@H]1CCCC[C@H]1O. The minimum atomic E-state index is -0.320. The highest BCUT2D eigenvalue weighted by molar-refractivity contribution is 5.77. The Morgan fingerprint density at radius 3 is 2.14 bits per heavy atom. The molecule has 2 N–H and O–H groups in total. The molecule has 5 aliphatic carbocycles. The Balaban J connectivity index is 1.38. The maximum absolute atomic E-state index is 12.5. The van der Waals surface area contributed by atoms with E-state index in [4.69, 9.17) is 0 Å². The van der Waals surface area contributed by atoms with Gasteiger partial charge in [-0.25, -0.2) is 0 Å². The van der Waals surface area contributed by atoms with E-state index >= 15 is 0 Å². The number of aliphatic hydroxyl groups is 1. The lowest BCUT2D eigenvalue weighted by Gasteiger charge is -2.56. The molecule has 0 aromatic heterocycles. The highest BCUT2D eigenvalue weighted by Gasteiger charge is 2.51. The second-order valence-electron chi connectivity index (χ2n) is 8.62. The Morgan fingerprint density at radius 2 is 1.57 bits per heavy atom. The van der Waals surface area contributed by atoms with Gasteiger partial charge < -0.3 is 10.4 Å². The summed E-state index contributed by atoms with van der Waals surface area (Å²) >= 11 is 0. The van der Waals surface area contributed by atoms with E-state index in [1.807, 2.05) is 0 Å². The van der Waals surface area contributed by atoms with Crippen molar-refractivity contribution in [2.24, 2.45) is 23.2 Å². The number of aliphatic hydroxyl groups excluding tert-OH is 1. The number of hydrogen-bond acceptors (Lipinski definition) is 2. The number of rotatable bonds is 3. The van der Waals surface area contributed by atoms with E-state index in [0.717, 1.165) is 49.9 Å². The fourth-order valence-corrected chi connectivity index (χ4v) is 6.38. The number of carbonyl (C=O) groups is 1. The van der Waals surface area contributed by atoms with E-state index in [1.165, 1.54) is 38.5 Å². The van der Waals surface area contributed by atoms with Crippen LogP contribution in [0.15, 0.2) is 0 Å². The Morgan fingerprint density at radius 1 is 1.00 bits per heavy atom. The Hall–Kier alpha value is -0.570. The van der Waals surface area contributed by atoms with E-state index < -0.39 is 0 Å². The molecule has 0 aromatic rings. The molecule has 3 heteroatoms. The molecule has 0 aromatic carbocycles.